The van der Waals surface area contributed by atoms with E-state index in [0.29, 0.717) is 6.10 Å². The molecule has 0 N–H and O–H groups in total. The molecule has 1 aromatic rings. The van der Waals surface area contributed by atoms with Gasteiger partial charge in [-0.25, -0.2) is 0 Å². The minimum atomic E-state index is 0.331. The monoisotopic (exact) mass is 164 g/mol. The second-order valence-corrected chi connectivity index (χ2v) is 3.03. The molecule has 0 saturated carbocycles. The fraction of sp³-hybridized carbons (Fsp3) is 0.455. The molecule has 0 fully saturated rings. The molecule has 0 heterocycles. The Morgan fingerprint density at radius 1 is 1.25 bits per heavy atom. The first kappa shape index (κ1) is 9.11. The van der Waals surface area contributed by atoms with Crippen molar-refractivity contribution in [2.45, 2.75) is 32.8 Å². The minimum Gasteiger partial charge on any atom is -0.491 e. The Morgan fingerprint density at radius 2 is 1.92 bits per heavy atom. The van der Waals surface area contributed by atoms with Gasteiger partial charge in [0.2, 0.25) is 0 Å². The number of rotatable bonds is 4. The molecule has 12 heavy (non-hydrogen) atoms. The van der Waals surface area contributed by atoms with E-state index in [1.807, 2.05) is 30.3 Å². The number of hydrogen-bond acceptors (Lipinski definition) is 1. The highest BCUT2D eigenvalue weighted by Crippen LogP contribution is 2.12. The van der Waals surface area contributed by atoms with Crippen molar-refractivity contribution in [3.63, 3.8) is 0 Å². The van der Waals surface area contributed by atoms with E-state index in [9.17, 15) is 0 Å². The molecule has 66 valence electrons. The summed E-state index contributed by atoms with van der Waals surface area (Å²) in [5, 5.41) is 0. The lowest BCUT2D eigenvalue weighted by molar-refractivity contribution is 0.210. The number of ether oxygens (including phenoxy) is 1. The summed E-state index contributed by atoms with van der Waals surface area (Å²) in [6.07, 6.45) is 2.63. The highest BCUT2D eigenvalue weighted by molar-refractivity contribution is 5.21. The lowest BCUT2D eigenvalue weighted by Gasteiger charge is -2.12. The summed E-state index contributed by atoms with van der Waals surface area (Å²) in [6.45, 7) is 4.28. The van der Waals surface area contributed by atoms with Crippen LogP contribution < -0.4 is 4.74 Å². The van der Waals surface area contributed by atoms with Crippen LogP contribution in [-0.4, -0.2) is 6.10 Å². The topological polar surface area (TPSA) is 9.23 Å². The van der Waals surface area contributed by atoms with E-state index in [1.54, 1.807) is 0 Å². The summed E-state index contributed by atoms with van der Waals surface area (Å²) in [7, 11) is 0. The molecule has 1 aromatic carbocycles. The number of benzene rings is 1. The Kier molecular flexibility index (Phi) is 3.65. The largest absolute Gasteiger partial charge is 0.491 e. The first-order valence-electron chi connectivity index (χ1n) is 4.54. The Bertz CT molecular complexity index is 206. The van der Waals surface area contributed by atoms with Crippen LogP contribution in [0.15, 0.2) is 30.3 Å². The van der Waals surface area contributed by atoms with E-state index < -0.39 is 0 Å². The highest BCUT2D eigenvalue weighted by Gasteiger charge is 2.00. The zero-order valence-corrected chi connectivity index (χ0v) is 7.79. The van der Waals surface area contributed by atoms with Gasteiger partial charge in [-0.15, -0.1) is 0 Å². The Balaban J connectivity index is 2.41. The summed E-state index contributed by atoms with van der Waals surface area (Å²) in [6, 6.07) is 9.97. The SMILES string of the molecule is CCCC(C)Oc1ccccc1. The van der Waals surface area contributed by atoms with Crippen molar-refractivity contribution >= 4 is 0 Å². The van der Waals surface area contributed by atoms with Gasteiger partial charge in [-0.3, -0.25) is 0 Å². The Hall–Kier alpha value is -0.980. The fourth-order valence-corrected chi connectivity index (χ4v) is 1.20. The van der Waals surface area contributed by atoms with Crippen molar-refractivity contribution in [2.75, 3.05) is 0 Å². The van der Waals surface area contributed by atoms with Crippen molar-refractivity contribution in [2.24, 2.45) is 0 Å². The zero-order chi connectivity index (χ0) is 8.81. The molecule has 0 aromatic heterocycles. The predicted octanol–water partition coefficient (Wildman–Crippen LogP) is 3.25. The van der Waals surface area contributed by atoms with Gasteiger partial charge < -0.3 is 4.74 Å². The average molecular weight is 164 g/mol. The Labute approximate surface area is 74.4 Å². The van der Waals surface area contributed by atoms with E-state index in [1.165, 1.54) is 6.42 Å². The fourth-order valence-electron chi connectivity index (χ4n) is 1.20. The molecule has 0 aliphatic rings. The van der Waals surface area contributed by atoms with Gasteiger partial charge in [0.25, 0.3) is 0 Å². The van der Waals surface area contributed by atoms with E-state index >= 15 is 0 Å². The van der Waals surface area contributed by atoms with Crippen molar-refractivity contribution in [1.29, 1.82) is 0 Å². The van der Waals surface area contributed by atoms with Gasteiger partial charge in [-0.2, -0.15) is 0 Å². The van der Waals surface area contributed by atoms with Crippen LogP contribution in [0.25, 0.3) is 0 Å². The molecule has 1 heteroatoms. The van der Waals surface area contributed by atoms with Gasteiger partial charge in [0.05, 0.1) is 6.10 Å². The summed E-state index contributed by atoms with van der Waals surface area (Å²) in [4.78, 5) is 0. The maximum Gasteiger partial charge on any atom is 0.119 e. The van der Waals surface area contributed by atoms with E-state index in [4.69, 9.17) is 4.74 Å². The van der Waals surface area contributed by atoms with Crippen LogP contribution in [0.2, 0.25) is 0 Å². The summed E-state index contributed by atoms with van der Waals surface area (Å²) < 4.78 is 5.65. The van der Waals surface area contributed by atoms with Gasteiger partial charge in [0.15, 0.2) is 0 Å². The first-order valence-corrected chi connectivity index (χ1v) is 4.54. The van der Waals surface area contributed by atoms with E-state index in [-0.39, 0.29) is 0 Å². The molecule has 1 nitrogen and oxygen atoms in total. The quantitative estimate of drug-likeness (QED) is 0.663. The lowest BCUT2D eigenvalue weighted by atomic mass is 10.2. The maximum absolute atomic E-state index is 5.65. The molecule has 0 saturated heterocycles. The molecule has 0 bridgehead atoms. The molecule has 0 amide bonds. The normalized spacial score (nSPS) is 12.5. The van der Waals surface area contributed by atoms with Crippen LogP contribution in [0.3, 0.4) is 0 Å². The van der Waals surface area contributed by atoms with Crippen molar-refractivity contribution in [3.8, 4) is 5.75 Å². The van der Waals surface area contributed by atoms with Gasteiger partial charge in [0, 0.05) is 0 Å². The van der Waals surface area contributed by atoms with Crippen LogP contribution >= 0.6 is 0 Å². The maximum atomic E-state index is 5.65. The van der Waals surface area contributed by atoms with Crippen LogP contribution in [0.4, 0.5) is 0 Å². The average Bonchev–Trinajstić information content (AvgIpc) is 2.06. The lowest BCUT2D eigenvalue weighted by Crippen LogP contribution is -2.10. The third-order valence-electron chi connectivity index (χ3n) is 1.78. The summed E-state index contributed by atoms with van der Waals surface area (Å²) >= 11 is 0. The molecule has 1 atom stereocenters. The standard InChI is InChI=1S/C11H16O/c1-3-7-10(2)12-11-8-5-4-6-9-11/h4-6,8-10H,3,7H2,1-2H3. The molecule has 1 rings (SSSR count). The van der Waals surface area contributed by atoms with Gasteiger partial charge in [-0.1, -0.05) is 31.5 Å². The molecule has 1 unspecified atom stereocenters. The van der Waals surface area contributed by atoms with Crippen LogP contribution in [-0.2, 0) is 0 Å². The third-order valence-corrected chi connectivity index (χ3v) is 1.78. The van der Waals surface area contributed by atoms with Crippen molar-refractivity contribution < 1.29 is 4.74 Å². The van der Waals surface area contributed by atoms with E-state index in [2.05, 4.69) is 13.8 Å². The molecular weight excluding hydrogens is 148 g/mol. The van der Waals surface area contributed by atoms with E-state index in [0.717, 1.165) is 12.2 Å². The van der Waals surface area contributed by atoms with Crippen molar-refractivity contribution in [3.05, 3.63) is 30.3 Å². The van der Waals surface area contributed by atoms with Crippen molar-refractivity contribution in [1.82, 2.24) is 0 Å². The first-order chi connectivity index (χ1) is 5.83. The van der Waals surface area contributed by atoms with Crippen LogP contribution in [0.5, 0.6) is 5.75 Å². The second-order valence-electron chi connectivity index (χ2n) is 3.03. The molecule has 0 aliphatic carbocycles. The Morgan fingerprint density at radius 3 is 2.50 bits per heavy atom. The number of para-hydroxylation sites is 1. The predicted molar refractivity (Wildman–Crippen MR) is 51.4 cm³/mol. The summed E-state index contributed by atoms with van der Waals surface area (Å²) in [5.74, 6) is 0.971. The second kappa shape index (κ2) is 4.81. The van der Waals surface area contributed by atoms with Gasteiger partial charge >= 0.3 is 0 Å². The number of hydrogen-bond donors (Lipinski definition) is 0. The zero-order valence-electron chi connectivity index (χ0n) is 7.79. The van der Waals surface area contributed by atoms with Crippen LogP contribution in [0, 0.1) is 0 Å². The smallest absolute Gasteiger partial charge is 0.119 e. The molecule has 0 spiro atoms. The van der Waals surface area contributed by atoms with Crippen LogP contribution in [0.1, 0.15) is 26.7 Å². The highest BCUT2D eigenvalue weighted by atomic mass is 16.5. The molecular formula is C11H16O. The molecule has 0 aliphatic heterocycles. The van der Waals surface area contributed by atoms with Gasteiger partial charge in [0.1, 0.15) is 5.75 Å². The summed E-state index contributed by atoms with van der Waals surface area (Å²) in [5.41, 5.74) is 0. The van der Waals surface area contributed by atoms with Gasteiger partial charge in [-0.05, 0) is 25.5 Å². The third kappa shape index (κ3) is 2.95. The molecule has 0 radical (unpaired) electrons. The minimum absolute atomic E-state index is 0.331.